The second-order valence-electron chi connectivity index (χ2n) is 4.87. The molecular weight excluding hydrogens is 166 g/mol. The molecule has 3 heteroatoms. The summed E-state index contributed by atoms with van der Waals surface area (Å²) >= 11 is 0. The molecule has 1 aliphatic carbocycles. The first kappa shape index (κ1) is 11.0. The summed E-state index contributed by atoms with van der Waals surface area (Å²) in [6.45, 7) is 4.68. The molecule has 78 valence electrons. The van der Waals surface area contributed by atoms with Gasteiger partial charge in [0.2, 0.25) is 0 Å². The highest BCUT2D eigenvalue weighted by molar-refractivity contribution is 5.07. The van der Waals surface area contributed by atoms with Gasteiger partial charge in [-0.3, -0.25) is 0 Å². The van der Waals surface area contributed by atoms with Gasteiger partial charge in [0.25, 0.3) is 0 Å². The number of rotatable bonds is 3. The zero-order chi connectivity index (χ0) is 10.2. The van der Waals surface area contributed by atoms with E-state index in [4.69, 9.17) is 0 Å². The first-order valence-corrected chi connectivity index (χ1v) is 4.85. The molecule has 0 saturated heterocycles. The summed E-state index contributed by atoms with van der Waals surface area (Å²) in [4.78, 5) is 2.15. The fourth-order valence-corrected chi connectivity index (χ4v) is 3.07. The summed E-state index contributed by atoms with van der Waals surface area (Å²) < 4.78 is 0. The second-order valence-corrected chi connectivity index (χ2v) is 4.87. The minimum atomic E-state index is 0.117. The van der Waals surface area contributed by atoms with Gasteiger partial charge in [0, 0.05) is 25.2 Å². The molecule has 0 spiro atoms. The van der Waals surface area contributed by atoms with Crippen LogP contribution in [0.1, 0.15) is 13.8 Å². The Bertz CT molecular complexity index is 180. The van der Waals surface area contributed by atoms with Gasteiger partial charge in [-0.05, 0) is 25.4 Å². The molecule has 3 atom stereocenters. The predicted octanol–water partition coefficient (Wildman–Crippen LogP) is 0.173. The van der Waals surface area contributed by atoms with Crippen LogP contribution >= 0.6 is 0 Å². The van der Waals surface area contributed by atoms with Gasteiger partial charge in [-0.15, -0.1) is 0 Å². The third kappa shape index (κ3) is 1.49. The molecule has 0 unspecified atom stereocenters. The van der Waals surface area contributed by atoms with E-state index in [1.165, 1.54) is 0 Å². The van der Waals surface area contributed by atoms with E-state index in [0.29, 0.717) is 6.04 Å². The van der Waals surface area contributed by atoms with E-state index in [0.717, 1.165) is 0 Å². The third-order valence-electron chi connectivity index (χ3n) is 3.60. The quantitative estimate of drug-likeness (QED) is 0.662. The highest BCUT2D eigenvalue weighted by Crippen LogP contribution is 2.52. The van der Waals surface area contributed by atoms with Crippen LogP contribution in [-0.4, -0.2) is 48.5 Å². The summed E-state index contributed by atoms with van der Waals surface area (Å²) in [7, 11) is 4.06. The largest absolute Gasteiger partial charge is 0.396 e. The van der Waals surface area contributed by atoms with E-state index in [-0.39, 0.29) is 30.5 Å². The van der Waals surface area contributed by atoms with Crippen molar-refractivity contribution in [1.29, 1.82) is 0 Å². The Kier molecular flexibility index (Phi) is 3.00. The van der Waals surface area contributed by atoms with E-state index < -0.39 is 0 Å². The molecule has 0 bridgehead atoms. The van der Waals surface area contributed by atoms with Crippen molar-refractivity contribution in [3.05, 3.63) is 0 Å². The molecule has 0 heterocycles. The molecule has 0 aromatic carbocycles. The molecule has 2 N–H and O–H groups in total. The maximum atomic E-state index is 9.20. The Balaban J connectivity index is 2.74. The number of hydrogen-bond acceptors (Lipinski definition) is 3. The second kappa shape index (κ2) is 3.56. The normalized spacial score (nSPS) is 37.6. The van der Waals surface area contributed by atoms with Crippen LogP contribution < -0.4 is 0 Å². The lowest BCUT2D eigenvalue weighted by molar-refractivity contribution is -0.145. The zero-order valence-electron chi connectivity index (χ0n) is 8.99. The van der Waals surface area contributed by atoms with E-state index >= 15 is 0 Å². The van der Waals surface area contributed by atoms with Crippen molar-refractivity contribution in [2.45, 2.75) is 19.9 Å². The maximum absolute atomic E-state index is 9.20. The average molecular weight is 187 g/mol. The number of aliphatic hydroxyl groups excluding tert-OH is 2. The van der Waals surface area contributed by atoms with Crippen LogP contribution in [0.4, 0.5) is 0 Å². The molecule has 13 heavy (non-hydrogen) atoms. The van der Waals surface area contributed by atoms with E-state index in [9.17, 15) is 10.2 Å². The minimum absolute atomic E-state index is 0.117. The van der Waals surface area contributed by atoms with E-state index in [1.54, 1.807) is 0 Å². The topological polar surface area (TPSA) is 43.7 Å². The van der Waals surface area contributed by atoms with Gasteiger partial charge >= 0.3 is 0 Å². The van der Waals surface area contributed by atoms with E-state index in [2.05, 4.69) is 18.7 Å². The van der Waals surface area contributed by atoms with Crippen LogP contribution in [0.15, 0.2) is 0 Å². The van der Waals surface area contributed by atoms with Crippen molar-refractivity contribution in [2.24, 2.45) is 17.3 Å². The molecule has 1 fully saturated rings. The summed E-state index contributed by atoms with van der Waals surface area (Å²) in [5.41, 5.74) is 0.117. The summed E-state index contributed by atoms with van der Waals surface area (Å²) in [6, 6.07) is 0.384. The van der Waals surface area contributed by atoms with Crippen molar-refractivity contribution in [2.75, 3.05) is 27.3 Å². The van der Waals surface area contributed by atoms with Gasteiger partial charge in [-0.1, -0.05) is 13.8 Å². The monoisotopic (exact) mass is 187 g/mol. The molecule has 0 aromatic rings. The van der Waals surface area contributed by atoms with Crippen LogP contribution in [0.25, 0.3) is 0 Å². The van der Waals surface area contributed by atoms with Crippen LogP contribution in [0.3, 0.4) is 0 Å². The molecular formula is C10H21NO2. The molecule has 0 aliphatic heterocycles. The molecule has 0 aromatic heterocycles. The molecule has 1 rings (SSSR count). The van der Waals surface area contributed by atoms with Crippen LogP contribution in [0.2, 0.25) is 0 Å². The Hall–Kier alpha value is -0.120. The number of hydrogen-bond donors (Lipinski definition) is 2. The lowest BCUT2D eigenvalue weighted by Crippen LogP contribution is -2.65. The van der Waals surface area contributed by atoms with Gasteiger partial charge in [0.05, 0.1) is 0 Å². The molecule has 0 radical (unpaired) electrons. The predicted molar refractivity (Wildman–Crippen MR) is 52.4 cm³/mol. The zero-order valence-corrected chi connectivity index (χ0v) is 8.99. The molecule has 1 saturated carbocycles. The highest BCUT2D eigenvalue weighted by atomic mass is 16.3. The Labute approximate surface area is 80.4 Å². The van der Waals surface area contributed by atoms with Gasteiger partial charge in [0.15, 0.2) is 0 Å². The van der Waals surface area contributed by atoms with Gasteiger partial charge in [-0.2, -0.15) is 0 Å². The fourth-order valence-electron chi connectivity index (χ4n) is 3.07. The van der Waals surface area contributed by atoms with Crippen molar-refractivity contribution in [3.8, 4) is 0 Å². The lowest BCUT2D eigenvalue weighted by atomic mass is 9.52. The van der Waals surface area contributed by atoms with Gasteiger partial charge in [0.1, 0.15) is 0 Å². The number of nitrogens with zero attached hydrogens (tertiary/aromatic N) is 1. The third-order valence-corrected chi connectivity index (χ3v) is 3.60. The number of aliphatic hydroxyl groups is 2. The summed E-state index contributed by atoms with van der Waals surface area (Å²) in [5, 5.41) is 18.4. The van der Waals surface area contributed by atoms with Crippen molar-refractivity contribution in [1.82, 2.24) is 4.90 Å². The first-order chi connectivity index (χ1) is 5.96. The summed E-state index contributed by atoms with van der Waals surface area (Å²) in [6.07, 6.45) is 0. The van der Waals surface area contributed by atoms with Crippen LogP contribution in [-0.2, 0) is 0 Å². The fraction of sp³-hybridized carbons (Fsp3) is 1.00. The Morgan fingerprint density at radius 1 is 1.15 bits per heavy atom. The van der Waals surface area contributed by atoms with Crippen molar-refractivity contribution >= 4 is 0 Å². The lowest BCUT2D eigenvalue weighted by Gasteiger charge is -2.60. The smallest absolute Gasteiger partial charge is 0.0478 e. The Morgan fingerprint density at radius 2 is 1.69 bits per heavy atom. The average Bonchev–Trinajstić information content (AvgIpc) is 2.00. The van der Waals surface area contributed by atoms with Crippen molar-refractivity contribution < 1.29 is 10.2 Å². The maximum Gasteiger partial charge on any atom is 0.0478 e. The highest BCUT2D eigenvalue weighted by Gasteiger charge is 2.56. The molecule has 3 nitrogen and oxygen atoms in total. The van der Waals surface area contributed by atoms with Crippen LogP contribution in [0.5, 0.6) is 0 Å². The molecule has 1 aliphatic rings. The summed E-state index contributed by atoms with van der Waals surface area (Å²) in [5.74, 6) is 0.472. The van der Waals surface area contributed by atoms with Gasteiger partial charge < -0.3 is 15.1 Å². The van der Waals surface area contributed by atoms with Gasteiger partial charge in [-0.25, -0.2) is 0 Å². The van der Waals surface area contributed by atoms with Crippen molar-refractivity contribution in [3.63, 3.8) is 0 Å². The minimum Gasteiger partial charge on any atom is -0.396 e. The first-order valence-electron chi connectivity index (χ1n) is 4.85. The van der Waals surface area contributed by atoms with Crippen LogP contribution in [0, 0.1) is 17.3 Å². The van der Waals surface area contributed by atoms with E-state index in [1.807, 2.05) is 14.1 Å². The Morgan fingerprint density at radius 3 is 2.00 bits per heavy atom. The SMILES string of the molecule is CN(C)[C@H]1[C@@H](CO)[C@@H](CO)C1(C)C. The standard InChI is InChI=1S/C10H21NO2/c1-10(2)8(6-13)7(5-12)9(10)11(3)4/h7-9,12-13H,5-6H2,1-4H3/t7-,8+,9-/m0/s1. The molecule has 0 amide bonds.